The number of ether oxygens (including phenoxy) is 1. The molecule has 3 heteroatoms. The zero-order chi connectivity index (χ0) is 13.2. The van der Waals surface area contributed by atoms with Gasteiger partial charge in [-0.1, -0.05) is 44.1 Å². The Kier molecular flexibility index (Phi) is 3.62. The monoisotopic (exact) mass is 250 g/mol. The largest absolute Gasteiger partial charge is 0.467 e. The van der Waals surface area contributed by atoms with Crippen molar-refractivity contribution in [1.82, 2.24) is 0 Å². The third-order valence-electron chi connectivity index (χ3n) is 4.57. The van der Waals surface area contributed by atoms with Crippen LogP contribution >= 0.6 is 0 Å². The first-order valence-corrected chi connectivity index (χ1v) is 6.70. The van der Waals surface area contributed by atoms with Crippen molar-refractivity contribution in [2.75, 3.05) is 7.11 Å². The molecule has 0 aromatic heterocycles. The molecule has 100 valence electrons. The van der Waals surface area contributed by atoms with Crippen LogP contribution < -0.4 is 0 Å². The molecule has 2 unspecified atom stereocenters. The summed E-state index contributed by atoms with van der Waals surface area (Å²) in [7, 11) is 1.36. The fourth-order valence-corrected chi connectivity index (χ4v) is 3.38. The van der Waals surface area contributed by atoms with Gasteiger partial charge in [-0.3, -0.25) is 0 Å². The van der Waals surface area contributed by atoms with Gasteiger partial charge in [0, 0.05) is 5.41 Å². The normalized spacial score (nSPS) is 31.3. The fraction of sp³-hybridized carbons (Fsp3) is 0.667. The number of esters is 1. The second-order valence-electron chi connectivity index (χ2n) is 5.65. The molecular weight excluding hydrogens is 228 g/mol. The van der Waals surface area contributed by atoms with Crippen molar-refractivity contribution in [1.29, 1.82) is 0 Å². The summed E-state index contributed by atoms with van der Waals surface area (Å²) >= 11 is 0. The van der Waals surface area contributed by atoms with Gasteiger partial charge in [0.1, 0.15) is 0 Å². The van der Waals surface area contributed by atoms with Gasteiger partial charge < -0.3 is 9.84 Å². The highest BCUT2D eigenvalue weighted by Gasteiger charge is 2.57. The molecule has 3 nitrogen and oxygen atoms in total. The Hall–Kier alpha value is -1.09. The molecule has 2 rings (SSSR count). The average molecular weight is 250 g/mol. The van der Waals surface area contributed by atoms with Gasteiger partial charge in [0.05, 0.1) is 7.11 Å². The molecule has 1 N–H and O–H groups in total. The van der Waals surface area contributed by atoms with Crippen LogP contribution in [0.15, 0.2) is 24.3 Å². The maximum Gasteiger partial charge on any atom is 0.339 e. The summed E-state index contributed by atoms with van der Waals surface area (Å²) in [5.74, 6) is -0.483. The van der Waals surface area contributed by atoms with Crippen LogP contribution in [0.4, 0.5) is 0 Å². The predicted octanol–water partition coefficient (Wildman–Crippen LogP) is 2.60. The number of carbonyl (C=O) groups excluding carboxylic acids is 1. The summed E-state index contributed by atoms with van der Waals surface area (Å²) in [5, 5.41) is 11.1. The SMILES string of the molecule is COC(=O)C(O)(C1CCCC1)C1(C)C=CC=CC1. The van der Waals surface area contributed by atoms with Crippen LogP contribution in [0, 0.1) is 11.3 Å². The quantitative estimate of drug-likeness (QED) is 0.783. The second kappa shape index (κ2) is 4.88. The summed E-state index contributed by atoms with van der Waals surface area (Å²) in [4.78, 5) is 12.2. The van der Waals surface area contributed by atoms with Gasteiger partial charge in [0.15, 0.2) is 5.60 Å². The number of hydrogen-bond acceptors (Lipinski definition) is 3. The van der Waals surface area contributed by atoms with E-state index in [0.29, 0.717) is 6.42 Å². The molecule has 18 heavy (non-hydrogen) atoms. The van der Waals surface area contributed by atoms with Crippen LogP contribution in [0.25, 0.3) is 0 Å². The van der Waals surface area contributed by atoms with Gasteiger partial charge in [-0.2, -0.15) is 0 Å². The van der Waals surface area contributed by atoms with Gasteiger partial charge in [-0.05, 0) is 25.2 Å². The van der Waals surface area contributed by atoms with Crippen LogP contribution in [-0.2, 0) is 9.53 Å². The Morgan fingerprint density at radius 2 is 2.06 bits per heavy atom. The maximum absolute atomic E-state index is 12.2. The summed E-state index contributed by atoms with van der Waals surface area (Å²) in [6, 6.07) is 0. The smallest absolute Gasteiger partial charge is 0.339 e. The first kappa shape index (κ1) is 13.3. The molecule has 2 atom stereocenters. The Labute approximate surface area is 109 Å². The summed E-state index contributed by atoms with van der Waals surface area (Å²) in [5.41, 5.74) is -1.97. The lowest BCUT2D eigenvalue weighted by molar-refractivity contribution is -0.183. The van der Waals surface area contributed by atoms with Crippen molar-refractivity contribution in [2.45, 2.75) is 44.6 Å². The molecule has 2 aliphatic carbocycles. The lowest BCUT2D eigenvalue weighted by Gasteiger charge is -2.45. The number of allylic oxidation sites excluding steroid dienone is 3. The highest BCUT2D eigenvalue weighted by molar-refractivity contribution is 5.81. The van der Waals surface area contributed by atoms with Crippen molar-refractivity contribution in [3.63, 3.8) is 0 Å². The minimum Gasteiger partial charge on any atom is -0.467 e. The first-order valence-electron chi connectivity index (χ1n) is 6.70. The number of aliphatic hydroxyl groups is 1. The zero-order valence-electron chi connectivity index (χ0n) is 11.2. The molecule has 0 spiro atoms. The van der Waals surface area contributed by atoms with Gasteiger partial charge in [-0.15, -0.1) is 0 Å². The van der Waals surface area contributed by atoms with Crippen LogP contribution in [-0.4, -0.2) is 23.8 Å². The molecule has 0 heterocycles. The van der Waals surface area contributed by atoms with E-state index in [1.165, 1.54) is 7.11 Å². The van der Waals surface area contributed by atoms with Gasteiger partial charge in [0.2, 0.25) is 0 Å². The molecule has 0 aliphatic heterocycles. The van der Waals surface area contributed by atoms with Gasteiger partial charge >= 0.3 is 5.97 Å². The standard InChI is InChI=1S/C15H22O3/c1-14(10-6-3-7-11-14)15(17,13(16)18-2)12-8-4-5-9-12/h3,6-7,10,12,17H,4-5,8-9,11H2,1-2H3. The van der Waals surface area contributed by atoms with E-state index in [2.05, 4.69) is 0 Å². The molecule has 0 amide bonds. The maximum atomic E-state index is 12.2. The number of rotatable bonds is 3. The van der Waals surface area contributed by atoms with Gasteiger partial charge in [0.25, 0.3) is 0 Å². The van der Waals surface area contributed by atoms with Crippen LogP contribution in [0.1, 0.15) is 39.0 Å². The highest BCUT2D eigenvalue weighted by atomic mass is 16.5. The lowest BCUT2D eigenvalue weighted by atomic mass is 9.63. The predicted molar refractivity (Wildman–Crippen MR) is 69.9 cm³/mol. The van der Waals surface area contributed by atoms with E-state index in [9.17, 15) is 9.90 Å². The number of methoxy groups -OCH3 is 1. The minimum absolute atomic E-state index is 0.00565. The molecule has 0 radical (unpaired) electrons. The van der Waals surface area contributed by atoms with Crippen LogP contribution in [0.5, 0.6) is 0 Å². The molecule has 1 fully saturated rings. The molecule has 0 aromatic carbocycles. The topological polar surface area (TPSA) is 46.5 Å². The van der Waals surface area contributed by atoms with E-state index in [4.69, 9.17) is 4.74 Å². The molecule has 1 saturated carbocycles. The third kappa shape index (κ3) is 1.91. The number of hydrogen-bond donors (Lipinski definition) is 1. The summed E-state index contributed by atoms with van der Waals surface area (Å²) < 4.78 is 4.90. The summed E-state index contributed by atoms with van der Waals surface area (Å²) in [6.07, 6.45) is 12.5. The Morgan fingerprint density at radius 1 is 1.39 bits per heavy atom. The van der Waals surface area contributed by atoms with Crippen LogP contribution in [0.2, 0.25) is 0 Å². The van der Waals surface area contributed by atoms with E-state index in [1.54, 1.807) is 0 Å². The van der Waals surface area contributed by atoms with Crippen molar-refractivity contribution in [3.05, 3.63) is 24.3 Å². The van der Waals surface area contributed by atoms with Crippen molar-refractivity contribution in [3.8, 4) is 0 Å². The minimum atomic E-state index is -1.40. The van der Waals surface area contributed by atoms with E-state index in [-0.39, 0.29) is 5.92 Å². The highest BCUT2D eigenvalue weighted by Crippen LogP contribution is 2.48. The Balaban J connectivity index is 2.38. The van der Waals surface area contributed by atoms with E-state index < -0.39 is 17.0 Å². The van der Waals surface area contributed by atoms with E-state index >= 15 is 0 Å². The number of carbonyl (C=O) groups is 1. The zero-order valence-corrected chi connectivity index (χ0v) is 11.2. The Morgan fingerprint density at radius 3 is 2.56 bits per heavy atom. The molecule has 0 saturated heterocycles. The average Bonchev–Trinajstić information content (AvgIpc) is 2.91. The third-order valence-corrected chi connectivity index (χ3v) is 4.57. The molecule has 0 aromatic rings. The van der Waals surface area contributed by atoms with Crippen molar-refractivity contribution in [2.24, 2.45) is 11.3 Å². The molecule has 2 aliphatic rings. The van der Waals surface area contributed by atoms with Crippen LogP contribution in [0.3, 0.4) is 0 Å². The first-order chi connectivity index (χ1) is 8.54. The second-order valence-corrected chi connectivity index (χ2v) is 5.65. The van der Waals surface area contributed by atoms with E-state index in [1.807, 2.05) is 31.2 Å². The van der Waals surface area contributed by atoms with Gasteiger partial charge in [-0.25, -0.2) is 4.79 Å². The van der Waals surface area contributed by atoms with Crippen molar-refractivity contribution < 1.29 is 14.6 Å². The Bertz CT molecular complexity index is 379. The molecular formula is C15H22O3. The lowest BCUT2D eigenvalue weighted by Crippen LogP contribution is -2.57. The summed E-state index contributed by atoms with van der Waals surface area (Å²) in [6.45, 7) is 1.95. The van der Waals surface area contributed by atoms with E-state index in [0.717, 1.165) is 25.7 Å². The van der Waals surface area contributed by atoms with Crippen molar-refractivity contribution >= 4 is 5.97 Å². The fourth-order valence-electron chi connectivity index (χ4n) is 3.38. The molecule has 0 bridgehead atoms.